The van der Waals surface area contributed by atoms with E-state index in [2.05, 4.69) is 4.37 Å². The number of carbonyl (C=O) groups excluding carboxylic acids is 1. The van der Waals surface area contributed by atoms with Crippen LogP contribution in [0.4, 0.5) is 23.2 Å². The molecule has 2 aromatic heterocycles. The molecule has 1 aliphatic carbocycles. The lowest BCUT2D eigenvalue weighted by molar-refractivity contribution is -0.186. The molecule has 0 bridgehead atoms. The van der Waals surface area contributed by atoms with Crippen LogP contribution in [-0.4, -0.2) is 52.1 Å². The Hall–Kier alpha value is -2.89. The number of fused-ring (bicyclic) bond motifs is 2. The van der Waals surface area contributed by atoms with Crippen LogP contribution in [0.3, 0.4) is 0 Å². The van der Waals surface area contributed by atoms with Crippen LogP contribution in [0, 0.1) is 5.82 Å². The first-order valence-electron chi connectivity index (χ1n) is 9.55. The number of aromatic amines is 1. The topological polar surface area (TPSA) is 78.4 Å². The maximum absolute atomic E-state index is 14.9. The number of pyridine rings is 1. The van der Waals surface area contributed by atoms with Gasteiger partial charge in [-0.2, -0.15) is 13.2 Å². The van der Waals surface area contributed by atoms with Gasteiger partial charge in [0.15, 0.2) is 0 Å². The molecule has 7 nitrogen and oxygen atoms in total. The van der Waals surface area contributed by atoms with Gasteiger partial charge in [0.2, 0.25) is 5.43 Å². The summed E-state index contributed by atoms with van der Waals surface area (Å²) in [5.74, 6) is -2.65. The second kappa shape index (κ2) is 6.55. The molecule has 5 rings (SSSR count). The monoisotopic (exact) mass is 456 g/mol. The zero-order chi connectivity index (χ0) is 22.2. The molecule has 0 spiro atoms. The molecule has 12 heteroatoms. The average Bonchev–Trinajstić information content (AvgIpc) is 3.42. The fourth-order valence-electron chi connectivity index (χ4n) is 4.04. The van der Waals surface area contributed by atoms with Crippen molar-refractivity contribution in [3.8, 4) is 0 Å². The van der Waals surface area contributed by atoms with Gasteiger partial charge in [-0.1, -0.05) is 0 Å². The number of nitrogens with zero attached hydrogens (tertiary/aromatic N) is 3. The number of aromatic nitrogens is 2. The molecule has 1 aromatic carbocycles. The summed E-state index contributed by atoms with van der Waals surface area (Å²) in [5, 5.41) is 0.0962. The van der Waals surface area contributed by atoms with Gasteiger partial charge in [-0.05, 0) is 36.5 Å². The van der Waals surface area contributed by atoms with E-state index in [-0.39, 0.29) is 35.6 Å². The first kappa shape index (κ1) is 20.0. The maximum atomic E-state index is 14.9. The van der Waals surface area contributed by atoms with Crippen molar-refractivity contribution in [3.05, 3.63) is 38.5 Å². The number of carbonyl (C=O) groups is 1. The smallest absolute Gasteiger partial charge is 0.365 e. The average molecular weight is 456 g/mol. The van der Waals surface area contributed by atoms with Gasteiger partial charge in [0.05, 0.1) is 17.2 Å². The Morgan fingerprint density at radius 1 is 1.23 bits per heavy atom. The summed E-state index contributed by atoms with van der Waals surface area (Å²) in [5.41, 5.74) is -0.428. The number of hydrogen-bond donors (Lipinski definition) is 1. The number of benzene rings is 1. The fraction of sp³-hybridized carbons (Fsp3) is 0.421. The van der Waals surface area contributed by atoms with Crippen molar-refractivity contribution < 1.29 is 22.4 Å². The summed E-state index contributed by atoms with van der Waals surface area (Å²) in [4.78, 5) is 39.0. The van der Waals surface area contributed by atoms with E-state index >= 15 is 0 Å². The van der Waals surface area contributed by atoms with Crippen molar-refractivity contribution in [3.63, 3.8) is 0 Å². The summed E-state index contributed by atoms with van der Waals surface area (Å²) in [6, 6.07) is 1.98. The molecule has 0 unspecified atom stereocenters. The van der Waals surface area contributed by atoms with E-state index in [9.17, 15) is 31.9 Å². The molecule has 1 aliphatic heterocycles. The predicted molar refractivity (Wildman–Crippen MR) is 107 cm³/mol. The Bertz CT molecular complexity index is 1350. The molecule has 31 heavy (non-hydrogen) atoms. The molecule has 1 saturated carbocycles. The molecule has 0 radical (unpaired) electrons. The van der Waals surface area contributed by atoms with E-state index in [0.29, 0.717) is 15.2 Å². The van der Waals surface area contributed by atoms with Crippen LogP contribution in [0.1, 0.15) is 18.9 Å². The Morgan fingerprint density at radius 2 is 1.90 bits per heavy atom. The van der Waals surface area contributed by atoms with Crippen LogP contribution in [0.2, 0.25) is 0 Å². The standard InChI is InChI=1S/C19H16F4N4O3S/c1-25(18(30)19(21,22)23)9-6-26(7-9)13-5-12-10(4-11(13)20)15(28)14-16(29)24-31-17(14)27(12)8-2-3-8/h4-5,8-9H,2-3,6-7H2,1H3,(H,24,29). The second-order valence-electron chi connectivity index (χ2n) is 7.94. The van der Waals surface area contributed by atoms with Crippen LogP contribution in [0.15, 0.2) is 21.7 Å². The molecule has 3 aromatic rings. The molecule has 1 amide bonds. The van der Waals surface area contributed by atoms with Gasteiger partial charge in [0.25, 0.3) is 5.56 Å². The van der Waals surface area contributed by atoms with Crippen LogP contribution in [0.5, 0.6) is 0 Å². The minimum atomic E-state index is -4.97. The Kier molecular flexibility index (Phi) is 4.24. The van der Waals surface area contributed by atoms with E-state index in [0.717, 1.165) is 37.5 Å². The minimum Gasteiger partial charge on any atom is -0.365 e. The number of halogens is 4. The summed E-state index contributed by atoms with van der Waals surface area (Å²) >= 11 is 1.05. The molecule has 1 saturated heterocycles. The van der Waals surface area contributed by atoms with Gasteiger partial charge in [0.1, 0.15) is 16.0 Å². The highest BCUT2D eigenvalue weighted by Crippen LogP contribution is 2.41. The summed E-state index contributed by atoms with van der Waals surface area (Å²) < 4.78 is 57.3. The van der Waals surface area contributed by atoms with Gasteiger partial charge in [-0.15, -0.1) is 0 Å². The summed E-state index contributed by atoms with van der Waals surface area (Å²) in [6.45, 7) is 0.0717. The van der Waals surface area contributed by atoms with Gasteiger partial charge in [-0.25, -0.2) is 4.39 Å². The number of alkyl halides is 3. The third kappa shape index (κ3) is 3.03. The van der Waals surface area contributed by atoms with Crippen LogP contribution in [-0.2, 0) is 4.79 Å². The van der Waals surface area contributed by atoms with Crippen LogP contribution >= 0.6 is 11.5 Å². The molecular weight excluding hydrogens is 440 g/mol. The largest absolute Gasteiger partial charge is 0.471 e. The number of anilines is 1. The zero-order valence-corrected chi connectivity index (χ0v) is 16.9. The predicted octanol–water partition coefficient (Wildman–Crippen LogP) is 2.59. The quantitative estimate of drug-likeness (QED) is 0.615. The number of H-pyrrole nitrogens is 1. The molecule has 0 atom stereocenters. The van der Waals surface area contributed by atoms with Gasteiger partial charge < -0.3 is 14.4 Å². The number of likely N-dealkylation sites (N-methyl/N-ethyl adjacent to an activating group) is 1. The van der Waals surface area contributed by atoms with Crippen molar-refractivity contribution in [1.82, 2.24) is 13.8 Å². The van der Waals surface area contributed by atoms with Gasteiger partial charge in [-0.3, -0.25) is 18.8 Å². The molecule has 3 heterocycles. The number of amides is 1. The first-order chi connectivity index (χ1) is 14.6. The zero-order valence-electron chi connectivity index (χ0n) is 16.1. The summed E-state index contributed by atoms with van der Waals surface area (Å²) in [7, 11) is 1.07. The van der Waals surface area contributed by atoms with E-state index in [1.807, 2.05) is 4.57 Å². The van der Waals surface area contributed by atoms with E-state index in [4.69, 9.17) is 0 Å². The van der Waals surface area contributed by atoms with Crippen molar-refractivity contribution in [2.45, 2.75) is 31.1 Å². The van der Waals surface area contributed by atoms with E-state index < -0.39 is 34.9 Å². The Morgan fingerprint density at radius 3 is 2.52 bits per heavy atom. The molecule has 2 fully saturated rings. The molecule has 2 aliphatic rings. The first-order valence-corrected chi connectivity index (χ1v) is 10.4. The van der Waals surface area contributed by atoms with Gasteiger partial charge >= 0.3 is 12.1 Å². The minimum absolute atomic E-state index is 0.00727. The van der Waals surface area contributed by atoms with Crippen molar-refractivity contribution in [1.29, 1.82) is 0 Å². The van der Waals surface area contributed by atoms with Gasteiger partial charge in [0, 0.05) is 31.6 Å². The number of hydrogen-bond acceptors (Lipinski definition) is 5. The SMILES string of the molecule is CN(C(=O)C(F)(F)F)C1CN(c2cc3c(cc2F)c(=O)c2c(=O)[nH]sc2n3C2CC2)C1. The van der Waals surface area contributed by atoms with Crippen LogP contribution < -0.4 is 15.9 Å². The summed E-state index contributed by atoms with van der Waals surface area (Å²) in [6.07, 6.45) is -3.24. The Balaban J connectivity index is 1.55. The lowest BCUT2D eigenvalue weighted by Crippen LogP contribution is -2.61. The number of rotatable bonds is 3. The highest BCUT2D eigenvalue weighted by atomic mass is 32.1. The second-order valence-corrected chi connectivity index (χ2v) is 8.73. The number of nitrogens with one attached hydrogen (secondary N) is 1. The molecule has 164 valence electrons. The highest BCUT2D eigenvalue weighted by molar-refractivity contribution is 7.12. The third-order valence-corrected chi connectivity index (χ3v) is 6.80. The van der Waals surface area contributed by atoms with Crippen molar-refractivity contribution in [2.24, 2.45) is 0 Å². The third-order valence-electron chi connectivity index (χ3n) is 5.92. The highest BCUT2D eigenvalue weighted by Gasteiger charge is 2.46. The normalized spacial score (nSPS) is 17.4. The Labute approximate surface area is 175 Å². The van der Waals surface area contributed by atoms with E-state index in [1.165, 1.54) is 11.0 Å². The lowest BCUT2D eigenvalue weighted by atomic mass is 10.0. The fourth-order valence-corrected chi connectivity index (χ4v) is 4.96. The van der Waals surface area contributed by atoms with Crippen molar-refractivity contribution >= 4 is 44.2 Å². The lowest BCUT2D eigenvalue weighted by Gasteiger charge is -2.45. The van der Waals surface area contributed by atoms with Crippen LogP contribution in [0.25, 0.3) is 21.1 Å². The molecule has 1 N–H and O–H groups in total. The van der Waals surface area contributed by atoms with E-state index in [1.54, 1.807) is 0 Å². The maximum Gasteiger partial charge on any atom is 0.471 e. The van der Waals surface area contributed by atoms with Crippen molar-refractivity contribution in [2.75, 3.05) is 25.0 Å². The molecular formula is C19H16F4N4O3S.